The smallest absolute Gasteiger partial charge is 0.0261 e. The fourth-order valence-corrected chi connectivity index (χ4v) is 4.20. The lowest BCUT2D eigenvalue weighted by molar-refractivity contribution is 0.114. The van der Waals surface area contributed by atoms with Crippen LogP contribution in [-0.4, -0.2) is 37.1 Å². The maximum Gasteiger partial charge on any atom is 0.0261 e. The molecule has 0 radical (unpaired) electrons. The quantitative estimate of drug-likeness (QED) is 0.853. The minimum absolute atomic E-state index is 0.806. The molecule has 18 heavy (non-hydrogen) atoms. The zero-order valence-electron chi connectivity index (χ0n) is 10.9. The SMILES string of the molecule is c1ccc2c(c1)CC2CN1CCCC2CNCC21. The standard InChI is InChI=1S/C16H22N2/c1-2-6-15-12(4-1)8-14(15)11-18-7-3-5-13-9-17-10-16(13)18/h1-2,4,6,13-14,16-17H,3,5,7-11H2. The number of hydrogen-bond acceptors (Lipinski definition) is 2. The van der Waals surface area contributed by atoms with Crippen molar-refractivity contribution in [3.8, 4) is 0 Å². The van der Waals surface area contributed by atoms with Gasteiger partial charge in [-0.2, -0.15) is 0 Å². The van der Waals surface area contributed by atoms with E-state index in [4.69, 9.17) is 0 Å². The lowest BCUT2D eigenvalue weighted by atomic mass is 9.76. The Morgan fingerprint density at radius 2 is 2.17 bits per heavy atom. The van der Waals surface area contributed by atoms with Crippen molar-refractivity contribution in [3.63, 3.8) is 0 Å². The van der Waals surface area contributed by atoms with E-state index in [1.165, 1.54) is 45.4 Å². The van der Waals surface area contributed by atoms with Crippen molar-refractivity contribution in [1.82, 2.24) is 10.2 Å². The molecule has 4 rings (SSSR count). The second-order valence-corrected chi connectivity index (χ2v) is 6.22. The van der Waals surface area contributed by atoms with E-state index in [0.717, 1.165) is 17.9 Å². The van der Waals surface area contributed by atoms with Crippen molar-refractivity contribution >= 4 is 0 Å². The number of piperidine rings is 1. The van der Waals surface area contributed by atoms with Gasteiger partial charge in [0.05, 0.1) is 0 Å². The van der Waals surface area contributed by atoms with Crippen LogP contribution in [-0.2, 0) is 6.42 Å². The molecule has 96 valence electrons. The molecule has 2 aliphatic heterocycles. The van der Waals surface area contributed by atoms with Crippen LogP contribution in [0.15, 0.2) is 24.3 Å². The first-order chi connectivity index (χ1) is 8.92. The maximum absolute atomic E-state index is 3.58. The van der Waals surface area contributed by atoms with Gasteiger partial charge in [-0.1, -0.05) is 24.3 Å². The number of nitrogens with one attached hydrogen (secondary N) is 1. The van der Waals surface area contributed by atoms with E-state index in [2.05, 4.69) is 34.5 Å². The van der Waals surface area contributed by atoms with Crippen molar-refractivity contribution in [2.24, 2.45) is 5.92 Å². The lowest BCUT2D eigenvalue weighted by Gasteiger charge is -2.41. The molecular weight excluding hydrogens is 220 g/mol. The molecule has 1 aromatic rings. The van der Waals surface area contributed by atoms with Gasteiger partial charge in [0.25, 0.3) is 0 Å². The summed E-state index contributed by atoms with van der Waals surface area (Å²) in [4.78, 5) is 2.77. The van der Waals surface area contributed by atoms with Crippen LogP contribution in [0.4, 0.5) is 0 Å². The molecule has 2 heteroatoms. The van der Waals surface area contributed by atoms with Gasteiger partial charge in [0.15, 0.2) is 0 Å². The van der Waals surface area contributed by atoms with Gasteiger partial charge in [-0.15, -0.1) is 0 Å². The van der Waals surface area contributed by atoms with Crippen LogP contribution in [0, 0.1) is 5.92 Å². The summed E-state index contributed by atoms with van der Waals surface area (Å²) in [6.07, 6.45) is 4.14. The van der Waals surface area contributed by atoms with E-state index in [9.17, 15) is 0 Å². The van der Waals surface area contributed by atoms with Crippen molar-refractivity contribution < 1.29 is 0 Å². The van der Waals surface area contributed by atoms with E-state index in [0.29, 0.717) is 0 Å². The highest BCUT2D eigenvalue weighted by atomic mass is 15.2. The van der Waals surface area contributed by atoms with E-state index in [-0.39, 0.29) is 0 Å². The number of nitrogens with zero attached hydrogens (tertiary/aromatic N) is 1. The van der Waals surface area contributed by atoms with E-state index >= 15 is 0 Å². The van der Waals surface area contributed by atoms with Crippen LogP contribution >= 0.6 is 0 Å². The van der Waals surface area contributed by atoms with Gasteiger partial charge in [0.1, 0.15) is 0 Å². The molecule has 1 aromatic carbocycles. The van der Waals surface area contributed by atoms with E-state index < -0.39 is 0 Å². The van der Waals surface area contributed by atoms with E-state index in [1.54, 1.807) is 11.1 Å². The summed E-state index contributed by atoms with van der Waals surface area (Å²) in [5.41, 5.74) is 3.20. The number of fused-ring (bicyclic) bond motifs is 2. The zero-order valence-corrected chi connectivity index (χ0v) is 10.9. The fourth-order valence-electron chi connectivity index (χ4n) is 4.20. The third-order valence-electron chi connectivity index (χ3n) is 5.21. The monoisotopic (exact) mass is 242 g/mol. The summed E-state index contributed by atoms with van der Waals surface area (Å²) in [5, 5.41) is 3.58. The minimum atomic E-state index is 0.806. The highest BCUT2D eigenvalue weighted by Crippen LogP contribution is 2.37. The third-order valence-corrected chi connectivity index (χ3v) is 5.21. The largest absolute Gasteiger partial charge is 0.315 e. The van der Waals surface area contributed by atoms with Gasteiger partial charge in [-0.05, 0) is 49.4 Å². The molecule has 0 saturated carbocycles. The van der Waals surface area contributed by atoms with Gasteiger partial charge < -0.3 is 5.32 Å². The van der Waals surface area contributed by atoms with Crippen molar-refractivity contribution in [1.29, 1.82) is 0 Å². The summed E-state index contributed by atoms with van der Waals surface area (Å²) in [5.74, 6) is 1.73. The summed E-state index contributed by atoms with van der Waals surface area (Å²) >= 11 is 0. The van der Waals surface area contributed by atoms with Gasteiger partial charge in [-0.3, -0.25) is 4.90 Å². The maximum atomic E-state index is 3.58. The van der Waals surface area contributed by atoms with Gasteiger partial charge >= 0.3 is 0 Å². The summed E-state index contributed by atoms with van der Waals surface area (Å²) in [6, 6.07) is 9.82. The number of likely N-dealkylation sites (tertiary alicyclic amines) is 1. The number of hydrogen-bond donors (Lipinski definition) is 1. The Bertz CT molecular complexity index is 442. The van der Waals surface area contributed by atoms with Crippen LogP contribution in [0.1, 0.15) is 29.9 Å². The Morgan fingerprint density at radius 1 is 1.22 bits per heavy atom. The summed E-state index contributed by atoms with van der Waals surface area (Å²) in [6.45, 7) is 5.09. The molecule has 2 fully saturated rings. The van der Waals surface area contributed by atoms with Crippen LogP contribution < -0.4 is 5.32 Å². The molecule has 3 atom stereocenters. The Labute approximate surface area is 109 Å². The molecule has 0 aromatic heterocycles. The van der Waals surface area contributed by atoms with Gasteiger partial charge in [-0.25, -0.2) is 0 Å². The molecule has 1 N–H and O–H groups in total. The van der Waals surface area contributed by atoms with Gasteiger partial charge in [0, 0.05) is 25.0 Å². The molecule has 0 spiro atoms. The topological polar surface area (TPSA) is 15.3 Å². The van der Waals surface area contributed by atoms with E-state index in [1.807, 2.05) is 0 Å². The highest BCUT2D eigenvalue weighted by molar-refractivity contribution is 5.40. The molecule has 0 bridgehead atoms. The Morgan fingerprint density at radius 3 is 3.11 bits per heavy atom. The third kappa shape index (κ3) is 1.70. The van der Waals surface area contributed by atoms with Crippen LogP contribution in [0.5, 0.6) is 0 Å². The second-order valence-electron chi connectivity index (χ2n) is 6.22. The van der Waals surface area contributed by atoms with Crippen LogP contribution in [0.3, 0.4) is 0 Å². The van der Waals surface area contributed by atoms with Crippen molar-refractivity contribution in [3.05, 3.63) is 35.4 Å². The average Bonchev–Trinajstić information content (AvgIpc) is 2.85. The molecule has 0 amide bonds. The molecular formula is C16H22N2. The highest BCUT2D eigenvalue weighted by Gasteiger charge is 2.37. The Balaban J connectivity index is 1.46. The molecule has 2 heterocycles. The predicted molar refractivity (Wildman–Crippen MR) is 73.8 cm³/mol. The van der Waals surface area contributed by atoms with Crippen LogP contribution in [0.25, 0.3) is 0 Å². The fraction of sp³-hybridized carbons (Fsp3) is 0.625. The number of benzene rings is 1. The molecule has 2 saturated heterocycles. The molecule has 1 aliphatic carbocycles. The minimum Gasteiger partial charge on any atom is -0.315 e. The first kappa shape index (κ1) is 11.0. The second kappa shape index (κ2) is 4.36. The number of rotatable bonds is 2. The zero-order chi connectivity index (χ0) is 11.9. The predicted octanol–water partition coefficient (Wildman–Crippen LogP) is 2.01. The first-order valence-electron chi connectivity index (χ1n) is 7.44. The van der Waals surface area contributed by atoms with Crippen molar-refractivity contribution in [2.75, 3.05) is 26.2 Å². The molecule has 2 nitrogen and oxygen atoms in total. The first-order valence-corrected chi connectivity index (χ1v) is 7.44. The summed E-state index contributed by atoms with van der Waals surface area (Å²) in [7, 11) is 0. The van der Waals surface area contributed by atoms with Gasteiger partial charge in [0.2, 0.25) is 0 Å². The lowest BCUT2D eigenvalue weighted by Crippen LogP contribution is -2.47. The normalized spacial score (nSPS) is 34.8. The summed E-state index contributed by atoms with van der Waals surface area (Å²) < 4.78 is 0. The molecule has 3 unspecified atom stereocenters. The average molecular weight is 242 g/mol. The van der Waals surface area contributed by atoms with Crippen LogP contribution in [0.2, 0.25) is 0 Å². The Hall–Kier alpha value is -0.860. The van der Waals surface area contributed by atoms with Crippen molar-refractivity contribution in [2.45, 2.75) is 31.2 Å². The Kier molecular flexibility index (Phi) is 2.66. The molecule has 3 aliphatic rings.